The van der Waals surface area contributed by atoms with Crippen molar-refractivity contribution in [1.82, 2.24) is 14.8 Å². The minimum Gasteiger partial charge on any atom is -0.383 e. The molecule has 106 valence electrons. The second-order valence-corrected chi connectivity index (χ2v) is 6.09. The summed E-state index contributed by atoms with van der Waals surface area (Å²) < 4.78 is 1.69. The van der Waals surface area contributed by atoms with Gasteiger partial charge in [0.15, 0.2) is 0 Å². The molecular weight excluding hydrogens is 274 g/mol. The number of rotatable bonds is 5. The fourth-order valence-electron chi connectivity index (χ4n) is 2.78. The monoisotopic (exact) mass is 291 g/mol. The van der Waals surface area contributed by atoms with Gasteiger partial charge in [-0.1, -0.05) is 30.7 Å². The minimum absolute atomic E-state index is 0.174. The van der Waals surface area contributed by atoms with Crippen LogP contribution in [0.5, 0.6) is 0 Å². The lowest BCUT2D eigenvalue weighted by Gasteiger charge is -2.35. The van der Waals surface area contributed by atoms with Gasteiger partial charge in [0.05, 0.1) is 6.54 Å². The molecule has 1 aliphatic carbocycles. The quantitative estimate of drug-likeness (QED) is 0.921. The minimum atomic E-state index is -0.945. The van der Waals surface area contributed by atoms with Gasteiger partial charge in [-0.3, -0.25) is 0 Å². The number of benzene rings is 1. The second-order valence-electron chi connectivity index (χ2n) is 5.65. The predicted octanol–water partition coefficient (Wildman–Crippen LogP) is 2.87. The highest BCUT2D eigenvalue weighted by Gasteiger charge is 2.44. The zero-order valence-corrected chi connectivity index (χ0v) is 12.2. The predicted molar refractivity (Wildman–Crippen MR) is 77.3 cm³/mol. The van der Waals surface area contributed by atoms with E-state index in [0.717, 1.165) is 5.56 Å². The molecule has 0 radical (unpaired) electrons. The maximum Gasteiger partial charge on any atom is 0.137 e. The first-order chi connectivity index (χ1) is 9.59. The Hall–Kier alpha value is -1.39. The molecule has 0 amide bonds. The van der Waals surface area contributed by atoms with E-state index in [9.17, 15) is 5.11 Å². The highest BCUT2D eigenvalue weighted by atomic mass is 35.5. The number of halogens is 1. The molecule has 1 heterocycles. The molecule has 5 heteroatoms. The molecule has 3 rings (SSSR count). The Balaban J connectivity index is 1.95. The Labute approximate surface area is 123 Å². The third-order valence-corrected chi connectivity index (χ3v) is 4.55. The summed E-state index contributed by atoms with van der Waals surface area (Å²) in [6, 6.07) is 7.45. The van der Waals surface area contributed by atoms with Crippen LogP contribution in [0.3, 0.4) is 0 Å². The molecule has 2 atom stereocenters. The average Bonchev–Trinajstić information content (AvgIpc) is 3.17. The Bertz CT molecular complexity index is 565. The summed E-state index contributed by atoms with van der Waals surface area (Å²) >= 11 is 5.95. The van der Waals surface area contributed by atoms with Crippen LogP contribution < -0.4 is 0 Å². The molecule has 1 aromatic carbocycles. The molecule has 1 saturated carbocycles. The van der Waals surface area contributed by atoms with E-state index in [4.69, 9.17) is 11.6 Å². The van der Waals surface area contributed by atoms with Crippen molar-refractivity contribution >= 4 is 11.6 Å². The van der Waals surface area contributed by atoms with E-state index in [-0.39, 0.29) is 5.92 Å². The summed E-state index contributed by atoms with van der Waals surface area (Å²) in [7, 11) is 0. The molecule has 1 unspecified atom stereocenters. The molecule has 2 aromatic rings. The zero-order chi connectivity index (χ0) is 14.2. The van der Waals surface area contributed by atoms with Gasteiger partial charge < -0.3 is 5.11 Å². The van der Waals surface area contributed by atoms with Gasteiger partial charge >= 0.3 is 0 Å². The number of hydrogen-bond acceptors (Lipinski definition) is 3. The first-order valence-corrected chi connectivity index (χ1v) is 7.28. The van der Waals surface area contributed by atoms with Crippen molar-refractivity contribution in [2.45, 2.75) is 31.9 Å². The molecule has 0 spiro atoms. The van der Waals surface area contributed by atoms with E-state index in [1.54, 1.807) is 11.0 Å². The van der Waals surface area contributed by atoms with Crippen molar-refractivity contribution in [3.05, 3.63) is 47.5 Å². The van der Waals surface area contributed by atoms with Gasteiger partial charge in [0, 0.05) is 5.02 Å². The van der Waals surface area contributed by atoms with Crippen molar-refractivity contribution in [3.63, 3.8) is 0 Å². The Morgan fingerprint density at radius 3 is 2.65 bits per heavy atom. The van der Waals surface area contributed by atoms with Crippen LogP contribution in [0.15, 0.2) is 36.9 Å². The normalized spacial score (nSPS) is 19.6. The summed E-state index contributed by atoms with van der Waals surface area (Å²) in [6.45, 7) is 2.52. The molecule has 4 nitrogen and oxygen atoms in total. The van der Waals surface area contributed by atoms with Gasteiger partial charge in [-0.15, -0.1) is 0 Å². The summed E-state index contributed by atoms with van der Waals surface area (Å²) in [5, 5.41) is 16.1. The standard InChI is InChI=1S/C15H18ClN3O/c1-11(12-2-3-12)15(20,8-19-10-17-9-18-19)13-4-6-14(16)7-5-13/h4-7,9-12,20H,2-3,8H2,1H3/t11-,15?/m1/s1. The van der Waals surface area contributed by atoms with Crippen LogP contribution in [0, 0.1) is 11.8 Å². The lowest BCUT2D eigenvalue weighted by atomic mass is 9.79. The van der Waals surface area contributed by atoms with E-state index in [0.29, 0.717) is 17.5 Å². The van der Waals surface area contributed by atoms with Crippen molar-refractivity contribution in [1.29, 1.82) is 0 Å². The highest BCUT2D eigenvalue weighted by molar-refractivity contribution is 6.30. The largest absolute Gasteiger partial charge is 0.383 e. The number of aromatic nitrogens is 3. The van der Waals surface area contributed by atoms with Gasteiger partial charge in [-0.25, -0.2) is 9.67 Å². The molecule has 1 aliphatic rings. The van der Waals surface area contributed by atoms with Gasteiger partial charge in [-0.05, 0) is 42.4 Å². The summed E-state index contributed by atoms with van der Waals surface area (Å²) in [5.41, 5.74) is -0.0591. The number of aliphatic hydroxyl groups is 1. The maximum absolute atomic E-state index is 11.3. The molecular formula is C15H18ClN3O. The Kier molecular flexibility index (Phi) is 3.52. The van der Waals surface area contributed by atoms with E-state index < -0.39 is 5.60 Å². The highest BCUT2D eigenvalue weighted by Crippen LogP contribution is 2.46. The summed E-state index contributed by atoms with van der Waals surface area (Å²) in [6.07, 6.45) is 5.51. The molecule has 0 saturated heterocycles. The third kappa shape index (κ3) is 2.58. The second kappa shape index (κ2) is 5.19. The van der Waals surface area contributed by atoms with Crippen LogP contribution in [0.1, 0.15) is 25.3 Å². The fraction of sp³-hybridized carbons (Fsp3) is 0.467. The zero-order valence-electron chi connectivity index (χ0n) is 11.4. The van der Waals surface area contributed by atoms with Gasteiger partial charge in [-0.2, -0.15) is 5.10 Å². The van der Waals surface area contributed by atoms with Crippen molar-refractivity contribution in [2.24, 2.45) is 11.8 Å². The average molecular weight is 292 g/mol. The lowest BCUT2D eigenvalue weighted by molar-refractivity contribution is -0.0442. The Morgan fingerprint density at radius 2 is 2.10 bits per heavy atom. The lowest BCUT2D eigenvalue weighted by Crippen LogP contribution is -2.39. The Morgan fingerprint density at radius 1 is 1.40 bits per heavy atom. The third-order valence-electron chi connectivity index (χ3n) is 4.30. The fourth-order valence-corrected chi connectivity index (χ4v) is 2.91. The maximum atomic E-state index is 11.3. The van der Waals surface area contributed by atoms with Crippen LogP contribution in [0.25, 0.3) is 0 Å². The first kappa shape index (κ1) is 13.6. The molecule has 1 N–H and O–H groups in total. The van der Waals surface area contributed by atoms with Crippen molar-refractivity contribution < 1.29 is 5.11 Å². The van der Waals surface area contributed by atoms with Gasteiger partial charge in [0.25, 0.3) is 0 Å². The van der Waals surface area contributed by atoms with Crippen LogP contribution in [0.4, 0.5) is 0 Å². The molecule has 20 heavy (non-hydrogen) atoms. The van der Waals surface area contributed by atoms with E-state index >= 15 is 0 Å². The molecule has 0 bridgehead atoms. The molecule has 0 aliphatic heterocycles. The topological polar surface area (TPSA) is 50.9 Å². The smallest absolute Gasteiger partial charge is 0.137 e. The SMILES string of the molecule is C[C@H](C1CC1)C(O)(Cn1cncn1)c1ccc(Cl)cc1. The van der Waals surface area contributed by atoms with Crippen LogP contribution in [0.2, 0.25) is 5.02 Å². The van der Waals surface area contributed by atoms with Crippen molar-refractivity contribution in [3.8, 4) is 0 Å². The molecule has 1 fully saturated rings. The summed E-state index contributed by atoms with van der Waals surface area (Å²) in [4.78, 5) is 3.95. The van der Waals surface area contributed by atoms with E-state index in [2.05, 4.69) is 17.0 Å². The number of hydrogen-bond donors (Lipinski definition) is 1. The summed E-state index contributed by atoms with van der Waals surface area (Å²) in [5.74, 6) is 0.757. The molecule has 1 aromatic heterocycles. The van der Waals surface area contributed by atoms with Gasteiger partial charge in [0.2, 0.25) is 0 Å². The van der Waals surface area contributed by atoms with E-state index in [1.165, 1.54) is 19.2 Å². The van der Waals surface area contributed by atoms with Crippen LogP contribution in [-0.4, -0.2) is 19.9 Å². The number of nitrogens with zero attached hydrogens (tertiary/aromatic N) is 3. The van der Waals surface area contributed by atoms with Crippen molar-refractivity contribution in [2.75, 3.05) is 0 Å². The van der Waals surface area contributed by atoms with E-state index in [1.807, 2.05) is 24.3 Å². The van der Waals surface area contributed by atoms with Crippen LogP contribution in [-0.2, 0) is 12.1 Å². The first-order valence-electron chi connectivity index (χ1n) is 6.90. The van der Waals surface area contributed by atoms with Crippen LogP contribution >= 0.6 is 11.6 Å². The van der Waals surface area contributed by atoms with Gasteiger partial charge in [0.1, 0.15) is 18.3 Å².